The molecule has 1 nitrogen and oxygen atoms in total. The fourth-order valence-corrected chi connectivity index (χ4v) is 3.02. The van der Waals surface area contributed by atoms with Crippen LogP contribution in [0.4, 0.5) is 0 Å². The van der Waals surface area contributed by atoms with Crippen molar-refractivity contribution in [1.82, 2.24) is 4.98 Å². The molecule has 1 aromatic carbocycles. The molecule has 0 unspecified atom stereocenters. The summed E-state index contributed by atoms with van der Waals surface area (Å²) in [5, 5.41) is 2.70. The molecule has 1 saturated carbocycles. The Morgan fingerprint density at radius 3 is 2.47 bits per heavy atom. The minimum Gasteiger partial charge on any atom is -0.260 e. The topological polar surface area (TPSA) is 12.9 Å². The maximum absolute atomic E-state index is 4.67. The Balaban J connectivity index is 2.03. The third-order valence-electron chi connectivity index (χ3n) is 3.95. The molecule has 1 heteroatoms. The van der Waals surface area contributed by atoms with E-state index in [4.69, 9.17) is 0 Å². The lowest BCUT2D eigenvalue weighted by Gasteiger charge is -2.15. The second-order valence-corrected chi connectivity index (χ2v) is 5.11. The molecule has 1 heterocycles. The van der Waals surface area contributed by atoms with Gasteiger partial charge in [0.15, 0.2) is 0 Å². The van der Waals surface area contributed by atoms with Crippen molar-refractivity contribution in [3.8, 4) is 0 Å². The Morgan fingerprint density at radius 2 is 1.65 bits per heavy atom. The van der Waals surface area contributed by atoms with E-state index < -0.39 is 0 Å². The van der Waals surface area contributed by atoms with E-state index in [1.165, 1.54) is 55.0 Å². The van der Waals surface area contributed by atoms with Crippen molar-refractivity contribution < 1.29 is 0 Å². The Labute approximate surface area is 103 Å². The highest BCUT2D eigenvalue weighted by Gasteiger charge is 2.17. The van der Waals surface area contributed by atoms with E-state index in [-0.39, 0.29) is 0 Å². The molecule has 88 valence electrons. The van der Waals surface area contributed by atoms with Gasteiger partial charge in [0.05, 0.1) is 5.69 Å². The summed E-state index contributed by atoms with van der Waals surface area (Å²) in [5.74, 6) is 0.684. The molecule has 1 fully saturated rings. The summed E-state index contributed by atoms with van der Waals surface area (Å²) in [6, 6.07) is 10.8. The highest BCUT2D eigenvalue weighted by Crippen LogP contribution is 2.33. The first-order valence-electron chi connectivity index (χ1n) is 6.79. The van der Waals surface area contributed by atoms with Crippen LogP contribution < -0.4 is 0 Å². The average Bonchev–Trinajstić information content (AvgIpc) is 2.67. The highest BCUT2D eigenvalue weighted by molar-refractivity contribution is 5.84. The van der Waals surface area contributed by atoms with Gasteiger partial charge in [0, 0.05) is 17.5 Å². The Bertz CT molecular complexity index is 490. The Kier molecular flexibility index (Phi) is 3.08. The predicted molar refractivity (Wildman–Crippen MR) is 72.2 cm³/mol. The third-order valence-corrected chi connectivity index (χ3v) is 3.95. The standard InChI is InChI=1S/C16H19N/c1-2-4-9-14(8-3-1)16-15-10-6-5-7-13(15)11-12-17-16/h5-7,10-12,14H,1-4,8-9H2. The summed E-state index contributed by atoms with van der Waals surface area (Å²) >= 11 is 0. The van der Waals surface area contributed by atoms with Crippen LogP contribution in [0.5, 0.6) is 0 Å². The number of hydrogen-bond donors (Lipinski definition) is 0. The summed E-state index contributed by atoms with van der Waals surface area (Å²) in [6.07, 6.45) is 10.2. The smallest absolute Gasteiger partial charge is 0.0512 e. The molecule has 0 radical (unpaired) electrons. The number of fused-ring (bicyclic) bond motifs is 1. The molecule has 0 N–H and O–H groups in total. The van der Waals surface area contributed by atoms with Crippen LogP contribution in [0.15, 0.2) is 36.5 Å². The maximum Gasteiger partial charge on any atom is 0.0512 e. The highest BCUT2D eigenvalue weighted by atomic mass is 14.7. The molecular weight excluding hydrogens is 206 g/mol. The molecule has 1 aromatic heterocycles. The van der Waals surface area contributed by atoms with Gasteiger partial charge in [-0.25, -0.2) is 0 Å². The zero-order valence-corrected chi connectivity index (χ0v) is 10.2. The van der Waals surface area contributed by atoms with Gasteiger partial charge in [-0.15, -0.1) is 0 Å². The van der Waals surface area contributed by atoms with E-state index in [1.54, 1.807) is 0 Å². The van der Waals surface area contributed by atoms with Crippen LogP contribution in [0.3, 0.4) is 0 Å². The van der Waals surface area contributed by atoms with Crippen molar-refractivity contribution in [1.29, 1.82) is 0 Å². The van der Waals surface area contributed by atoms with Gasteiger partial charge in [0.1, 0.15) is 0 Å². The minimum atomic E-state index is 0.684. The molecule has 0 spiro atoms. The monoisotopic (exact) mass is 225 g/mol. The SMILES string of the molecule is c1ccc2c(C3CCCCCC3)nccc2c1. The lowest BCUT2D eigenvalue weighted by molar-refractivity contribution is 0.582. The summed E-state index contributed by atoms with van der Waals surface area (Å²) in [5.41, 5.74) is 1.34. The lowest BCUT2D eigenvalue weighted by atomic mass is 9.92. The molecule has 1 aliphatic carbocycles. The summed E-state index contributed by atoms with van der Waals surface area (Å²) in [6.45, 7) is 0. The zero-order chi connectivity index (χ0) is 11.5. The number of rotatable bonds is 1. The van der Waals surface area contributed by atoms with Crippen LogP contribution in [-0.2, 0) is 0 Å². The normalized spacial score (nSPS) is 18.1. The number of pyridine rings is 1. The molecule has 0 saturated heterocycles. The molecule has 0 bridgehead atoms. The number of benzene rings is 1. The Hall–Kier alpha value is -1.37. The van der Waals surface area contributed by atoms with Crippen LogP contribution >= 0.6 is 0 Å². The molecule has 0 aliphatic heterocycles. The third kappa shape index (κ3) is 2.19. The van der Waals surface area contributed by atoms with E-state index in [0.29, 0.717) is 5.92 Å². The quantitative estimate of drug-likeness (QED) is 0.642. The summed E-state index contributed by atoms with van der Waals surface area (Å²) in [4.78, 5) is 4.67. The zero-order valence-electron chi connectivity index (χ0n) is 10.2. The Morgan fingerprint density at radius 1 is 0.882 bits per heavy atom. The maximum atomic E-state index is 4.67. The largest absolute Gasteiger partial charge is 0.260 e. The fraction of sp³-hybridized carbons (Fsp3) is 0.438. The van der Waals surface area contributed by atoms with Crippen molar-refractivity contribution in [2.24, 2.45) is 0 Å². The lowest BCUT2D eigenvalue weighted by Crippen LogP contribution is -2.01. The van der Waals surface area contributed by atoms with E-state index in [2.05, 4.69) is 35.3 Å². The van der Waals surface area contributed by atoms with Crippen molar-refractivity contribution in [2.45, 2.75) is 44.4 Å². The molecule has 17 heavy (non-hydrogen) atoms. The molecule has 2 aromatic rings. The van der Waals surface area contributed by atoms with Crippen LogP contribution in [0, 0.1) is 0 Å². The molecular formula is C16H19N. The van der Waals surface area contributed by atoms with Gasteiger partial charge in [0.2, 0.25) is 0 Å². The number of hydrogen-bond acceptors (Lipinski definition) is 1. The summed E-state index contributed by atoms with van der Waals surface area (Å²) in [7, 11) is 0. The predicted octanol–water partition coefficient (Wildman–Crippen LogP) is 4.67. The second-order valence-electron chi connectivity index (χ2n) is 5.11. The van der Waals surface area contributed by atoms with Crippen molar-refractivity contribution in [3.05, 3.63) is 42.2 Å². The first-order chi connectivity index (χ1) is 8.45. The van der Waals surface area contributed by atoms with Gasteiger partial charge < -0.3 is 0 Å². The molecule has 3 rings (SSSR count). The van der Waals surface area contributed by atoms with Crippen LogP contribution in [0.1, 0.15) is 50.1 Å². The van der Waals surface area contributed by atoms with Crippen molar-refractivity contribution >= 4 is 10.8 Å². The van der Waals surface area contributed by atoms with Gasteiger partial charge in [-0.3, -0.25) is 4.98 Å². The second kappa shape index (κ2) is 4.87. The van der Waals surface area contributed by atoms with E-state index in [0.717, 1.165) is 0 Å². The van der Waals surface area contributed by atoms with Gasteiger partial charge >= 0.3 is 0 Å². The number of nitrogens with zero attached hydrogens (tertiary/aromatic N) is 1. The molecule has 0 atom stereocenters. The summed E-state index contributed by atoms with van der Waals surface area (Å²) < 4.78 is 0. The number of aromatic nitrogens is 1. The molecule has 1 aliphatic rings. The van der Waals surface area contributed by atoms with Crippen LogP contribution in [0.2, 0.25) is 0 Å². The van der Waals surface area contributed by atoms with Gasteiger partial charge in [-0.1, -0.05) is 49.9 Å². The molecule has 0 amide bonds. The van der Waals surface area contributed by atoms with E-state index in [9.17, 15) is 0 Å². The minimum absolute atomic E-state index is 0.684. The van der Waals surface area contributed by atoms with Crippen LogP contribution in [0.25, 0.3) is 10.8 Å². The van der Waals surface area contributed by atoms with E-state index in [1.807, 2.05) is 6.20 Å². The first-order valence-corrected chi connectivity index (χ1v) is 6.79. The first kappa shape index (κ1) is 10.8. The fourth-order valence-electron chi connectivity index (χ4n) is 3.02. The average molecular weight is 225 g/mol. The van der Waals surface area contributed by atoms with Gasteiger partial charge in [-0.2, -0.15) is 0 Å². The van der Waals surface area contributed by atoms with Gasteiger partial charge in [0.25, 0.3) is 0 Å². The van der Waals surface area contributed by atoms with Crippen molar-refractivity contribution in [3.63, 3.8) is 0 Å². The van der Waals surface area contributed by atoms with Gasteiger partial charge in [-0.05, 0) is 24.3 Å². The van der Waals surface area contributed by atoms with Crippen molar-refractivity contribution in [2.75, 3.05) is 0 Å². The van der Waals surface area contributed by atoms with E-state index >= 15 is 0 Å². The van der Waals surface area contributed by atoms with Crippen LogP contribution in [-0.4, -0.2) is 4.98 Å².